The van der Waals surface area contributed by atoms with Gasteiger partial charge in [0.05, 0.1) is 37.4 Å². The number of aromatic nitrogens is 6. The van der Waals surface area contributed by atoms with Crippen LogP contribution in [0.4, 0.5) is 50.9 Å². The fourth-order valence-electron chi connectivity index (χ4n) is 4.22. The van der Waals surface area contributed by atoms with E-state index >= 15 is 0 Å². The maximum Gasteiger partial charge on any atom is 1.00 e. The molecule has 0 spiro atoms. The Hall–Kier alpha value is -2.97. The SMILES string of the molecule is C.Cc1ncn[nH]1.O=CO[O-].[C-]#[N+]c1ccc(CC(=O)[C@@](C)(O)Cn2cnc(C(F)(F)F)n2)cc1C(F)(F)F.[C-]#[N+]c1ccc(CC(=O)[C@]2(C)CO2)cc1C(F)(F)F.[H-].[K+].[K+]. The van der Waals surface area contributed by atoms with E-state index in [-0.39, 0.29) is 141 Å². The zero-order valence-corrected chi connectivity index (χ0v) is 37.7. The van der Waals surface area contributed by atoms with Gasteiger partial charge in [0.25, 0.3) is 12.3 Å². The summed E-state index contributed by atoms with van der Waals surface area (Å²) < 4.78 is 120. The van der Waals surface area contributed by atoms with Crippen molar-refractivity contribution in [3.8, 4) is 0 Å². The summed E-state index contributed by atoms with van der Waals surface area (Å²) in [7, 11) is 0. The van der Waals surface area contributed by atoms with E-state index in [4.69, 9.17) is 27.9 Å². The van der Waals surface area contributed by atoms with E-state index in [2.05, 4.69) is 39.8 Å². The minimum absolute atomic E-state index is 0. The molecule has 1 fully saturated rings. The third-order valence-corrected chi connectivity index (χ3v) is 7.31. The number of nitrogens with zero attached hydrogens (tertiary/aromatic N) is 7. The van der Waals surface area contributed by atoms with Gasteiger partial charge in [0.15, 0.2) is 22.9 Å². The van der Waals surface area contributed by atoms with E-state index in [0.29, 0.717) is 23.7 Å². The molecule has 3 heterocycles. The molecule has 1 saturated heterocycles. The van der Waals surface area contributed by atoms with Gasteiger partial charge in [-0.2, -0.15) is 44.6 Å². The van der Waals surface area contributed by atoms with Crippen LogP contribution in [-0.4, -0.2) is 70.9 Å². The summed E-state index contributed by atoms with van der Waals surface area (Å²) in [6.45, 7) is 17.4. The number of aromatic amines is 1. The molecule has 0 aliphatic carbocycles. The molecule has 316 valence electrons. The normalized spacial score (nSPS) is 14.9. The molecule has 5 rings (SSSR count). The van der Waals surface area contributed by atoms with Gasteiger partial charge in [-0.1, -0.05) is 43.8 Å². The van der Waals surface area contributed by atoms with E-state index in [1.807, 2.05) is 6.92 Å². The van der Waals surface area contributed by atoms with Gasteiger partial charge >= 0.3 is 121 Å². The second-order valence-corrected chi connectivity index (χ2v) is 11.9. The number of carbonyl (C=O) groups is 3. The minimum atomic E-state index is -4.81. The topological polar surface area (TPSA) is 197 Å². The molecule has 0 unspecified atom stereocenters. The molecule has 2 aromatic carbocycles. The molecule has 4 aromatic rings. The summed E-state index contributed by atoms with van der Waals surface area (Å²) in [5.74, 6) is -1.80. The maximum atomic E-state index is 13.0. The van der Waals surface area contributed by atoms with Crippen molar-refractivity contribution in [2.24, 2.45) is 0 Å². The van der Waals surface area contributed by atoms with Gasteiger partial charge in [-0.15, -0.1) is 5.10 Å². The molecule has 0 radical (unpaired) electrons. The number of ketones is 2. The number of alkyl halides is 9. The zero-order valence-electron chi connectivity index (χ0n) is 32.5. The fourth-order valence-corrected chi connectivity index (χ4v) is 4.22. The van der Waals surface area contributed by atoms with Gasteiger partial charge in [-0.3, -0.25) is 19.5 Å². The van der Waals surface area contributed by atoms with Gasteiger partial charge in [0.1, 0.15) is 29.7 Å². The van der Waals surface area contributed by atoms with Gasteiger partial charge in [0.2, 0.25) is 0 Å². The molecule has 15 nitrogen and oxygen atoms in total. The molecule has 0 amide bonds. The molecule has 1 aliphatic heterocycles. The van der Waals surface area contributed by atoms with E-state index < -0.39 is 76.8 Å². The van der Waals surface area contributed by atoms with E-state index in [1.54, 1.807) is 6.92 Å². The average Bonchev–Trinajstić information content (AvgIpc) is 3.44. The van der Waals surface area contributed by atoms with Crippen LogP contribution in [0.3, 0.4) is 0 Å². The summed E-state index contributed by atoms with van der Waals surface area (Å²) in [6, 6.07) is 5.98. The van der Waals surface area contributed by atoms with Crippen molar-refractivity contribution in [2.75, 3.05) is 6.61 Å². The minimum Gasteiger partial charge on any atom is -1.00 e. The zero-order chi connectivity index (χ0) is 43.4. The number of H-pyrrole nitrogens is 1. The molecular weight excluding hydrogens is 882 g/mol. The first-order valence-electron chi connectivity index (χ1n) is 15.4. The first kappa shape index (κ1) is 59.1. The predicted molar refractivity (Wildman–Crippen MR) is 179 cm³/mol. The molecule has 2 aromatic heterocycles. The van der Waals surface area contributed by atoms with Gasteiger partial charge in [-0.25, -0.2) is 24.3 Å². The number of carbonyl (C=O) groups excluding carboxylic acids is 3. The number of aliphatic hydroxyl groups is 1. The summed E-state index contributed by atoms with van der Waals surface area (Å²) in [6.07, 6.45) is -12.8. The molecular formula is C34H33F9K2N8O7. The van der Waals surface area contributed by atoms with Crippen molar-refractivity contribution < 1.29 is 178 Å². The quantitative estimate of drug-likeness (QED) is 0.0433. The van der Waals surface area contributed by atoms with Crippen LogP contribution < -0.4 is 108 Å². The van der Waals surface area contributed by atoms with Crippen molar-refractivity contribution in [3.05, 3.63) is 106 Å². The monoisotopic (exact) mass is 914 g/mol. The molecule has 26 heteroatoms. The summed E-state index contributed by atoms with van der Waals surface area (Å²) in [5, 5.41) is 28.0. The Morgan fingerprint density at radius 2 is 1.43 bits per heavy atom. The molecule has 2 atom stereocenters. The Labute approximate surface area is 422 Å². The Bertz CT molecular complexity index is 2100. The van der Waals surface area contributed by atoms with Gasteiger partial charge in [-0.05, 0) is 31.9 Å². The van der Waals surface area contributed by atoms with Crippen LogP contribution in [0.5, 0.6) is 0 Å². The van der Waals surface area contributed by atoms with Gasteiger partial charge in [0, 0.05) is 12.8 Å². The maximum absolute atomic E-state index is 13.0. The summed E-state index contributed by atoms with van der Waals surface area (Å²) >= 11 is 0. The van der Waals surface area contributed by atoms with Crippen molar-refractivity contribution in [1.29, 1.82) is 0 Å². The number of nitrogens with one attached hydrogen (secondary N) is 1. The van der Waals surface area contributed by atoms with E-state index in [9.17, 15) is 54.2 Å². The van der Waals surface area contributed by atoms with Crippen molar-refractivity contribution in [3.63, 3.8) is 0 Å². The average molecular weight is 915 g/mol. The van der Waals surface area contributed by atoms with Crippen LogP contribution in [0.15, 0.2) is 49.1 Å². The second-order valence-electron chi connectivity index (χ2n) is 11.9. The summed E-state index contributed by atoms with van der Waals surface area (Å²) in [5.41, 5.74) is -6.27. The standard InChI is InChI=1S/C16H12F6N4O2.C13H10F3NO2.C3H5N3.CH2O3.CH4.2K.H/c1-14(28,7-26-8-24-13(25-26)16(20,21)22)12(27)6-9-3-4-11(23-2)10(5-9)15(17,18)19;1-12(7-19-12)11(18)6-8-3-4-10(17-2)9(5-8)13(14,15)16;1-3-4-2-5-6-3;2-1-4-3;;;;/h3-5,8,28H,6-7H2,1H3;3-5H,6-7H2,1H3;2H,1H3,(H,4,5,6);1,3H;1H4;;;/q;;;;;2*+1;-1/p-1/t14-;12-;;;;;;/m00....../s1. The third kappa shape index (κ3) is 19.0. The third-order valence-electron chi connectivity index (χ3n) is 7.31. The molecule has 1 aliphatic rings. The fraction of sp³-hybridized carbons (Fsp3) is 0.382. The number of hydrogen-bond acceptors (Lipinski definition) is 11. The van der Waals surface area contributed by atoms with Gasteiger partial charge < -0.3 is 21.4 Å². The van der Waals surface area contributed by atoms with E-state index in [0.717, 1.165) is 37.0 Å². The number of hydrogen-bond donors (Lipinski definition) is 2. The number of aryl methyl sites for hydroxylation is 1. The number of ether oxygens (including phenoxy) is 1. The Balaban J connectivity index is -0.000000880. The van der Waals surface area contributed by atoms with Crippen LogP contribution in [-0.2, 0) is 61.9 Å². The number of halogens is 9. The molecule has 0 bridgehead atoms. The number of Topliss-reactive ketones (excluding diaryl/α,β-unsaturated/α-hetero) is 2. The van der Waals surface area contributed by atoms with Crippen molar-refractivity contribution >= 4 is 29.4 Å². The van der Waals surface area contributed by atoms with Crippen LogP contribution in [0.2, 0.25) is 0 Å². The van der Waals surface area contributed by atoms with Crippen molar-refractivity contribution in [1.82, 2.24) is 29.9 Å². The Morgan fingerprint density at radius 3 is 1.75 bits per heavy atom. The number of epoxide rings is 1. The summed E-state index contributed by atoms with van der Waals surface area (Å²) in [4.78, 5) is 47.7. The van der Waals surface area contributed by atoms with Crippen LogP contribution in [0.25, 0.3) is 9.69 Å². The Kier molecular flexibility index (Phi) is 24.8. The Morgan fingerprint density at radius 1 is 0.967 bits per heavy atom. The predicted octanol–water partition coefficient (Wildman–Crippen LogP) is -0.110. The van der Waals surface area contributed by atoms with Crippen molar-refractivity contribution in [2.45, 2.75) is 77.3 Å². The first-order chi connectivity index (χ1) is 26.3. The molecule has 2 N–H and O–H groups in total. The number of benzene rings is 2. The molecule has 60 heavy (non-hydrogen) atoms. The second kappa shape index (κ2) is 25.2. The first-order valence-corrected chi connectivity index (χ1v) is 15.4. The van der Waals surface area contributed by atoms with Crippen LogP contribution in [0, 0.1) is 20.1 Å². The molecule has 0 saturated carbocycles. The van der Waals surface area contributed by atoms with Crippen LogP contribution >= 0.6 is 0 Å². The van der Waals surface area contributed by atoms with E-state index in [1.165, 1.54) is 12.4 Å². The smallest absolute Gasteiger partial charge is 1.00 e. The largest absolute Gasteiger partial charge is 1.00 e. The number of rotatable bonds is 9. The van der Waals surface area contributed by atoms with Crippen LogP contribution in [0.1, 0.15) is 56.6 Å².